The summed E-state index contributed by atoms with van der Waals surface area (Å²) >= 11 is 0. The van der Waals surface area contributed by atoms with Crippen LogP contribution in [0.15, 0.2) is 0 Å². The minimum Gasteiger partial charge on any atom is -0.381 e. The first-order valence-electron chi connectivity index (χ1n) is 6.77. The summed E-state index contributed by atoms with van der Waals surface area (Å²) < 4.78 is 5.55. The highest BCUT2D eigenvalue weighted by molar-refractivity contribution is 4.82. The Balaban J connectivity index is 1.75. The molecule has 2 fully saturated rings. The third kappa shape index (κ3) is 3.44. The molecular weight excluding hydrogens is 200 g/mol. The highest BCUT2D eigenvalue weighted by Crippen LogP contribution is 2.19. The zero-order valence-electron chi connectivity index (χ0n) is 10.7. The minimum atomic E-state index is 0.684. The van der Waals surface area contributed by atoms with Gasteiger partial charge in [0.1, 0.15) is 0 Å². The van der Waals surface area contributed by atoms with Gasteiger partial charge in [0.05, 0.1) is 6.61 Å². The third-order valence-corrected chi connectivity index (χ3v) is 4.02. The summed E-state index contributed by atoms with van der Waals surface area (Å²) in [5.74, 6) is 0.768. The number of hydrogen-bond donors (Lipinski definition) is 1. The van der Waals surface area contributed by atoms with Crippen molar-refractivity contribution in [2.24, 2.45) is 5.92 Å². The molecule has 3 atom stereocenters. The monoisotopic (exact) mass is 226 g/mol. The zero-order valence-corrected chi connectivity index (χ0v) is 10.7. The van der Waals surface area contributed by atoms with Gasteiger partial charge in [0, 0.05) is 25.2 Å². The molecule has 1 N–H and O–H groups in total. The Hall–Kier alpha value is -0.120. The Morgan fingerprint density at radius 3 is 2.94 bits per heavy atom. The average molecular weight is 226 g/mol. The van der Waals surface area contributed by atoms with Crippen LogP contribution in [-0.4, -0.2) is 50.3 Å². The Morgan fingerprint density at radius 1 is 1.38 bits per heavy atom. The second-order valence-corrected chi connectivity index (χ2v) is 5.56. The fraction of sp³-hybridized carbons (Fsp3) is 1.00. The molecular formula is C13H26N2O. The van der Waals surface area contributed by atoms with Gasteiger partial charge in [0.25, 0.3) is 0 Å². The Kier molecular flexibility index (Phi) is 4.62. The van der Waals surface area contributed by atoms with E-state index in [0.717, 1.165) is 25.2 Å². The van der Waals surface area contributed by atoms with Crippen LogP contribution in [0.3, 0.4) is 0 Å². The van der Waals surface area contributed by atoms with E-state index < -0.39 is 0 Å². The van der Waals surface area contributed by atoms with Gasteiger partial charge in [-0.2, -0.15) is 0 Å². The number of piperidine rings is 1. The molecule has 2 saturated heterocycles. The number of nitrogens with one attached hydrogen (secondary N) is 1. The first kappa shape index (κ1) is 12.3. The van der Waals surface area contributed by atoms with E-state index in [9.17, 15) is 0 Å². The van der Waals surface area contributed by atoms with Gasteiger partial charge in [0.2, 0.25) is 0 Å². The van der Waals surface area contributed by atoms with Gasteiger partial charge in [-0.25, -0.2) is 0 Å². The van der Waals surface area contributed by atoms with E-state index in [2.05, 4.69) is 24.2 Å². The molecule has 0 aliphatic carbocycles. The Bertz CT molecular complexity index is 204. The Labute approximate surface area is 99.5 Å². The smallest absolute Gasteiger partial charge is 0.0506 e. The maximum atomic E-state index is 5.55. The molecule has 2 aliphatic rings. The lowest BCUT2D eigenvalue weighted by Gasteiger charge is -2.37. The second kappa shape index (κ2) is 5.99. The van der Waals surface area contributed by atoms with Crippen LogP contribution in [0.5, 0.6) is 0 Å². The molecule has 16 heavy (non-hydrogen) atoms. The van der Waals surface area contributed by atoms with Gasteiger partial charge in [-0.3, -0.25) is 0 Å². The molecule has 0 bridgehead atoms. The molecule has 0 aromatic carbocycles. The molecule has 2 rings (SSSR count). The molecule has 0 spiro atoms. The van der Waals surface area contributed by atoms with Gasteiger partial charge in [-0.15, -0.1) is 0 Å². The lowest BCUT2D eigenvalue weighted by molar-refractivity contribution is 0.0325. The Morgan fingerprint density at radius 2 is 2.25 bits per heavy atom. The molecule has 0 saturated carbocycles. The van der Waals surface area contributed by atoms with Gasteiger partial charge < -0.3 is 15.0 Å². The SMILES string of the molecule is CC1CC(N(C)CC2CCCOC2)CCN1. The van der Waals surface area contributed by atoms with Crippen LogP contribution in [0.25, 0.3) is 0 Å². The second-order valence-electron chi connectivity index (χ2n) is 5.56. The summed E-state index contributed by atoms with van der Waals surface area (Å²) in [5, 5.41) is 3.52. The predicted octanol–water partition coefficient (Wildman–Crippen LogP) is 1.49. The molecule has 3 unspecified atom stereocenters. The van der Waals surface area contributed by atoms with Crippen molar-refractivity contribution in [1.82, 2.24) is 10.2 Å². The van der Waals surface area contributed by atoms with E-state index in [1.165, 1.54) is 38.8 Å². The van der Waals surface area contributed by atoms with Crippen LogP contribution < -0.4 is 5.32 Å². The summed E-state index contributed by atoms with van der Waals surface area (Å²) in [6.45, 7) is 6.65. The van der Waals surface area contributed by atoms with Crippen LogP contribution in [-0.2, 0) is 4.74 Å². The van der Waals surface area contributed by atoms with Gasteiger partial charge in [-0.05, 0) is 52.1 Å². The number of nitrogens with zero attached hydrogens (tertiary/aromatic N) is 1. The summed E-state index contributed by atoms with van der Waals surface area (Å²) in [6, 6.07) is 1.46. The molecule has 94 valence electrons. The van der Waals surface area contributed by atoms with E-state index in [-0.39, 0.29) is 0 Å². The summed E-state index contributed by atoms with van der Waals surface area (Å²) in [5.41, 5.74) is 0. The third-order valence-electron chi connectivity index (χ3n) is 4.02. The van der Waals surface area contributed by atoms with Gasteiger partial charge >= 0.3 is 0 Å². The topological polar surface area (TPSA) is 24.5 Å². The van der Waals surface area contributed by atoms with Crippen LogP contribution in [0, 0.1) is 5.92 Å². The highest BCUT2D eigenvalue weighted by Gasteiger charge is 2.24. The lowest BCUT2D eigenvalue weighted by atomic mass is 9.96. The normalized spacial score (nSPS) is 36.6. The lowest BCUT2D eigenvalue weighted by Crippen LogP contribution is -2.47. The molecule has 0 aromatic heterocycles. The van der Waals surface area contributed by atoms with Crippen molar-refractivity contribution in [3.05, 3.63) is 0 Å². The first-order valence-corrected chi connectivity index (χ1v) is 6.77. The molecule has 0 amide bonds. The number of ether oxygens (including phenoxy) is 1. The summed E-state index contributed by atoms with van der Waals surface area (Å²) in [6.07, 6.45) is 5.20. The molecule has 3 nitrogen and oxygen atoms in total. The minimum absolute atomic E-state index is 0.684. The van der Waals surface area contributed by atoms with Crippen molar-refractivity contribution in [3.8, 4) is 0 Å². The van der Waals surface area contributed by atoms with Crippen molar-refractivity contribution >= 4 is 0 Å². The largest absolute Gasteiger partial charge is 0.381 e. The standard InChI is InChI=1S/C13H26N2O/c1-11-8-13(5-6-14-11)15(2)9-12-4-3-7-16-10-12/h11-14H,3-10H2,1-2H3. The number of hydrogen-bond acceptors (Lipinski definition) is 3. The van der Waals surface area contributed by atoms with Crippen LogP contribution >= 0.6 is 0 Å². The molecule has 0 aromatic rings. The molecule has 3 heteroatoms. The van der Waals surface area contributed by atoms with E-state index in [1.807, 2.05) is 0 Å². The number of rotatable bonds is 3. The van der Waals surface area contributed by atoms with Crippen molar-refractivity contribution in [2.75, 3.05) is 33.4 Å². The van der Waals surface area contributed by atoms with E-state index in [4.69, 9.17) is 4.74 Å². The van der Waals surface area contributed by atoms with Crippen LogP contribution in [0.2, 0.25) is 0 Å². The maximum Gasteiger partial charge on any atom is 0.0506 e. The van der Waals surface area contributed by atoms with E-state index in [1.54, 1.807) is 0 Å². The molecule has 0 radical (unpaired) electrons. The first-order chi connectivity index (χ1) is 7.75. The van der Waals surface area contributed by atoms with E-state index >= 15 is 0 Å². The average Bonchev–Trinajstić information content (AvgIpc) is 2.30. The summed E-state index contributed by atoms with van der Waals surface area (Å²) in [7, 11) is 2.29. The maximum absolute atomic E-state index is 5.55. The van der Waals surface area contributed by atoms with E-state index in [0.29, 0.717) is 6.04 Å². The van der Waals surface area contributed by atoms with Gasteiger partial charge in [-0.1, -0.05) is 0 Å². The van der Waals surface area contributed by atoms with Crippen molar-refractivity contribution < 1.29 is 4.74 Å². The van der Waals surface area contributed by atoms with Crippen molar-refractivity contribution in [1.29, 1.82) is 0 Å². The van der Waals surface area contributed by atoms with Crippen LogP contribution in [0.4, 0.5) is 0 Å². The summed E-state index contributed by atoms with van der Waals surface area (Å²) in [4.78, 5) is 2.57. The fourth-order valence-electron chi connectivity index (χ4n) is 3.01. The zero-order chi connectivity index (χ0) is 11.4. The molecule has 2 heterocycles. The van der Waals surface area contributed by atoms with Crippen molar-refractivity contribution in [2.45, 2.75) is 44.7 Å². The quantitative estimate of drug-likeness (QED) is 0.789. The highest BCUT2D eigenvalue weighted by atomic mass is 16.5. The van der Waals surface area contributed by atoms with Gasteiger partial charge in [0.15, 0.2) is 0 Å². The molecule has 2 aliphatic heterocycles. The predicted molar refractivity (Wildman–Crippen MR) is 66.7 cm³/mol. The van der Waals surface area contributed by atoms with Crippen LogP contribution in [0.1, 0.15) is 32.6 Å². The fourth-order valence-corrected chi connectivity index (χ4v) is 3.01. The van der Waals surface area contributed by atoms with Crippen molar-refractivity contribution in [3.63, 3.8) is 0 Å².